The van der Waals surface area contributed by atoms with E-state index in [1.807, 2.05) is 4.90 Å². The number of piperazine rings is 1. The van der Waals surface area contributed by atoms with Crippen molar-refractivity contribution in [3.63, 3.8) is 0 Å². The quantitative estimate of drug-likeness (QED) is 0.774. The van der Waals surface area contributed by atoms with Crippen LogP contribution in [0, 0.1) is 5.92 Å². The highest BCUT2D eigenvalue weighted by atomic mass is 35.5. The molecule has 1 aromatic rings. The van der Waals surface area contributed by atoms with Gasteiger partial charge >= 0.3 is 0 Å². The molecule has 1 amide bonds. The van der Waals surface area contributed by atoms with E-state index >= 15 is 0 Å². The van der Waals surface area contributed by atoms with Crippen molar-refractivity contribution >= 4 is 59.7 Å². The normalized spacial score (nSPS) is 19.3. The number of pyridine rings is 1. The summed E-state index contributed by atoms with van der Waals surface area (Å²) in [6.07, 6.45) is 3.30. The molecule has 0 aliphatic carbocycles. The molecule has 0 bridgehead atoms. The second kappa shape index (κ2) is 10.7. The van der Waals surface area contributed by atoms with Crippen molar-refractivity contribution < 1.29 is 9.53 Å². The number of halogens is 4. The summed E-state index contributed by atoms with van der Waals surface area (Å²) in [5, 5.41) is 1.04. The molecule has 3 rings (SSSR count). The van der Waals surface area contributed by atoms with Crippen LogP contribution in [-0.4, -0.2) is 61.2 Å². The topological polar surface area (TPSA) is 71.7 Å². The summed E-state index contributed by atoms with van der Waals surface area (Å²) in [5.41, 5.74) is 6.20. The average Bonchev–Trinajstić information content (AvgIpc) is 2.61. The lowest BCUT2D eigenvalue weighted by Gasteiger charge is -2.38. The van der Waals surface area contributed by atoms with Crippen molar-refractivity contribution in [3.8, 4) is 0 Å². The van der Waals surface area contributed by atoms with E-state index in [4.69, 9.17) is 33.7 Å². The van der Waals surface area contributed by atoms with E-state index in [0.29, 0.717) is 55.3 Å². The highest BCUT2D eigenvalue weighted by Crippen LogP contribution is 2.27. The molecule has 1 aromatic heterocycles. The third kappa shape index (κ3) is 5.50. The van der Waals surface area contributed by atoms with Gasteiger partial charge in [-0.15, -0.1) is 24.8 Å². The lowest BCUT2D eigenvalue weighted by molar-refractivity contribution is -0.135. The predicted molar refractivity (Wildman–Crippen MR) is 109 cm³/mol. The number of carbonyl (C=O) groups is 1. The lowest BCUT2D eigenvalue weighted by atomic mass is 9.91. The van der Waals surface area contributed by atoms with Gasteiger partial charge in [-0.1, -0.05) is 23.2 Å². The Labute approximate surface area is 176 Å². The number of hydrogen-bond acceptors (Lipinski definition) is 5. The number of nitrogens with zero attached hydrogens (tertiary/aromatic N) is 3. The second-order valence-corrected chi connectivity index (χ2v) is 7.09. The van der Waals surface area contributed by atoms with Crippen LogP contribution in [0.25, 0.3) is 0 Å². The molecular weight excluding hydrogens is 422 g/mol. The van der Waals surface area contributed by atoms with Crippen LogP contribution < -0.4 is 10.6 Å². The fourth-order valence-electron chi connectivity index (χ4n) is 3.27. The summed E-state index contributed by atoms with van der Waals surface area (Å²) in [7, 11) is 0. The van der Waals surface area contributed by atoms with Gasteiger partial charge in [-0.05, 0) is 24.8 Å². The van der Waals surface area contributed by atoms with Gasteiger partial charge in [-0.2, -0.15) is 0 Å². The fourth-order valence-corrected chi connectivity index (χ4v) is 3.77. The van der Waals surface area contributed by atoms with Crippen molar-refractivity contribution in [1.82, 2.24) is 9.88 Å². The molecule has 3 heterocycles. The van der Waals surface area contributed by atoms with Gasteiger partial charge in [-0.3, -0.25) is 4.79 Å². The van der Waals surface area contributed by atoms with E-state index in [2.05, 4.69) is 9.88 Å². The molecule has 0 saturated carbocycles. The van der Waals surface area contributed by atoms with Gasteiger partial charge in [0.1, 0.15) is 5.82 Å². The number of hydrogen-bond donors (Lipinski definition) is 1. The van der Waals surface area contributed by atoms with Gasteiger partial charge < -0.3 is 20.3 Å². The van der Waals surface area contributed by atoms with E-state index in [0.717, 1.165) is 12.8 Å². The number of ether oxygens (including phenoxy) is 1. The first-order chi connectivity index (χ1) is 11.6. The third-order valence-electron chi connectivity index (χ3n) is 4.74. The first-order valence-corrected chi connectivity index (χ1v) is 9.00. The maximum atomic E-state index is 12.6. The van der Waals surface area contributed by atoms with Crippen molar-refractivity contribution in [3.05, 3.63) is 22.3 Å². The van der Waals surface area contributed by atoms with E-state index in [-0.39, 0.29) is 36.6 Å². The largest absolute Gasteiger partial charge is 0.381 e. The van der Waals surface area contributed by atoms with Gasteiger partial charge in [0.2, 0.25) is 5.91 Å². The van der Waals surface area contributed by atoms with Gasteiger partial charge in [-0.25, -0.2) is 4.98 Å². The van der Waals surface area contributed by atoms with Crippen molar-refractivity contribution in [2.24, 2.45) is 11.7 Å². The third-order valence-corrected chi connectivity index (χ3v) is 5.22. The molecule has 0 aromatic carbocycles. The summed E-state index contributed by atoms with van der Waals surface area (Å²) in [6.45, 7) is 3.99. The molecule has 1 atom stereocenters. The van der Waals surface area contributed by atoms with Crippen LogP contribution in [0.15, 0.2) is 12.3 Å². The molecule has 2 saturated heterocycles. The van der Waals surface area contributed by atoms with E-state index in [1.54, 1.807) is 12.3 Å². The minimum atomic E-state index is -0.433. The van der Waals surface area contributed by atoms with Gasteiger partial charge in [0.05, 0.1) is 16.1 Å². The van der Waals surface area contributed by atoms with Crippen LogP contribution in [0.4, 0.5) is 5.82 Å². The monoisotopic (exact) mass is 444 g/mol. The molecule has 0 spiro atoms. The smallest absolute Gasteiger partial charge is 0.239 e. The van der Waals surface area contributed by atoms with Crippen LogP contribution in [0.2, 0.25) is 10.0 Å². The highest BCUT2D eigenvalue weighted by molar-refractivity contribution is 6.36. The van der Waals surface area contributed by atoms with Crippen LogP contribution in [0.5, 0.6) is 0 Å². The van der Waals surface area contributed by atoms with Crippen LogP contribution in [-0.2, 0) is 9.53 Å². The summed E-state index contributed by atoms with van der Waals surface area (Å²) in [6, 6.07) is 1.25. The Bertz CT molecular complexity index is 594. The second-order valence-electron chi connectivity index (χ2n) is 6.25. The highest BCUT2D eigenvalue weighted by Gasteiger charge is 2.31. The average molecular weight is 446 g/mol. The zero-order chi connectivity index (χ0) is 17.1. The van der Waals surface area contributed by atoms with Crippen molar-refractivity contribution in [2.45, 2.75) is 18.9 Å². The Kier molecular flexibility index (Phi) is 9.72. The van der Waals surface area contributed by atoms with E-state index in [1.165, 1.54) is 0 Å². The molecule has 0 radical (unpaired) electrons. The maximum Gasteiger partial charge on any atom is 0.239 e. The SMILES string of the molecule is Cl.Cl.NC(C(=O)N1CCN(c2ncc(Cl)cc2Cl)CC1)C1CCOCC1. The summed E-state index contributed by atoms with van der Waals surface area (Å²) < 4.78 is 5.34. The van der Waals surface area contributed by atoms with E-state index < -0.39 is 6.04 Å². The fraction of sp³-hybridized carbons (Fsp3) is 0.625. The number of amides is 1. The first kappa shape index (κ1) is 23.5. The Morgan fingerprint density at radius 1 is 1.19 bits per heavy atom. The first-order valence-electron chi connectivity index (χ1n) is 8.24. The summed E-state index contributed by atoms with van der Waals surface area (Å²) >= 11 is 12.1. The molecule has 6 nitrogen and oxygen atoms in total. The molecule has 2 N–H and O–H groups in total. The van der Waals surface area contributed by atoms with Gasteiger partial charge in [0.15, 0.2) is 0 Å². The molecule has 26 heavy (non-hydrogen) atoms. The number of anilines is 1. The predicted octanol–water partition coefficient (Wildman–Crippen LogP) is 2.63. The number of rotatable bonds is 3. The van der Waals surface area contributed by atoms with Gasteiger partial charge in [0, 0.05) is 45.6 Å². The Morgan fingerprint density at radius 2 is 1.81 bits per heavy atom. The van der Waals surface area contributed by atoms with Crippen molar-refractivity contribution in [2.75, 3.05) is 44.3 Å². The molecular formula is C16H24Cl4N4O2. The zero-order valence-corrected chi connectivity index (χ0v) is 17.4. The minimum absolute atomic E-state index is 0. The molecule has 2 fully saturated rings. The number of nitrogens with two attached hydrogens (primary N) is 1. The number of aromatic nitrogens is 1. The van der Waals surface area contributed by atoms with Crippen LogP contribution >= 0.6 is 48.0 Å². The zero-order valence-electron chi connectivity index (χ0n) is 14.3. The van der Waals surface area contributed by atoms with Crippen LogP contribution in [0.1, 0.15) is 12.8 Å². The minimum Gasteiger partial charge on any atom is -0.381 e. The number of carbonyl (C=O) groups excluding carboxylic acids is 1. The standard InChI is InChI=1S/C16H22Cl2N4O2.2ClH/c17-12-9-13(18)15(20-10-12)21-3-5-22(6-4-21)16(23)14(19)11-1-7-24-8-2-11;;/h9-11,14H,1-8,19H2;2*1H. The molecule has 2 aliphatic rings. The Morgan fingerprint density at radius 3 is 2.38 bits per heavy atom. The Hall–Kier alpha value is -0.500. The van der Waals surface area contributed by atoms with Gasteiger partial charge in [0.25, 0.3) is 0 Å². The Balaban J connectivity index is 0.00000169. The van der Waals surface area contributed by atoms with E-state index in [9.17, 15) is 4.79 Å². The molecule has 2 aliphatic heterocycles. The molecule has 10 heteroatoms. The lowest BCUT2D eigenvalue weighted by Crippen LogP contribution is -2.55. The summed E-state index contributed by atoms with van der Waals surface area (Å²) in [5.74, 6) is 0.968. The maximum absolute atomic E-state index is 12.6. The van der Waals surface area contributed by atoms with Crippen LogP contribution in [0.3, 0.4) is 0 Å². The molecule has 1 unspecified atom stereocenters. The summed E-state index contributed by atoms with van der Waals surface area (Å²) in [4.78, 5) is 20.9. The molecule has 148 valence electrons. The van der Waals surface area contributed by atoms with Crippen molar-refractivity contribution in [1.29, 1.82) is 0 Å².